The quantitative estimate of drug-likeness (QED) is 0.841. The third kappa shape index (κ3) is 3.15. The molecule has 1 aliphatic rings. The SMILES string of the molecule is COc1cc(CCN2CCNCC2)c(O)cc1C. The van der Waals surface area contributed by atoms with Crippen LogP contribution in [-0.2, 0) is 6.42 Å². The third-order valence-corrected chi connectivity index (χ3v) is 3.50. The number of phenolic OH excluding ortho intramolecular Hbond substituents is 1. The van der Waals surface area contributed by atoms with Gasteiger partial charge in [0, 0.05) is 32.7 Å². The van der Waals surface area contributed by atoms with Crippen LogP contribution in [0.25, 0.3) is 0 Å². The number of hydrogen-bond acceptors (Lipinski definition) is 4. The molecule has 0 unspecified atom stereocenters. The fraction of sp³-hybridized carbons (Fsp3) is 0.571. The maximum absolute atomic E-state index is 9.95. The highest BCUT2D eigenvalue weighted by atomic mass is 16.5. The predicted octanol–water partition coefficient (Wildman–Crippen LogP) is 1.16. The van der Waals surface area contributed by atoms with Gasteiger partial charge in [-0.2, -0.15) is 0 Å². The van der Waals surface area contributed by atoms with Crippen LogP contribution in [0.5, 0.6) is 11.5 Å². The first-order chi connectivity index (χ1) is 8.70. The minimum Gasteiger partial charge on any atom is -0.508 e. The van der Waals surface area contributed by atoms with Crippen LogP contribution in [0.3, 0.4) is 0 Å². The smallest absolute Gasteiger partial charge is 0.122 e. The van der Waals surface area contributed by atoms with Crippen molar-refractivity contribution < 1.29 is 9.84 Å². The highest BCUT2D eigenvalue weighted by Crippen LogP contribution is 2.27. The summed E-state index contributed by atoms with van der Waals surface area (Å²) in [6.07, 6.45) is 0.864. The van der Waals surface area contributed by atoms with E-state index in [9.17, 15) is 5.11 Å². The Balaban J connectivity index is 1.99. The summed E-state index contributed by atoms with van der Waals surface area (Å²) < 4.78 is 5.30. The second-order valence-corrected chi connectivity index (χ2v) is 4.79. The lowest BCUT2D eigenvalue weighted by Gasteiger charge is -2.27. The molecule has 0 spiro atoms. The maximum atomic E-state index is 9.95. The molecule has 2 rings (SSSR count). The number of aromatic hydroxyl groups is 1. The fourth-order valence-corrected chi connectivity index (χ4v) is 2.35. The molecule has 0 radical (unpaired) electrons. The lowest BCUT2D eigenvalue weighted by Crippen LogP contribution is -2.44. The van der Waals surface area contributed by atoms with Crippen molar-refractivity contribution in [3.8, 4) is 11.5 Å². The summed E-state index contributed by atoms with van der Waals surface area (Å²) in [5, 5.41) is 13.3. The van der Waals surface area contributed by atoms with E-state index in [-0.39, 0.29) is 0 Å². The van der Waals surface area contributed by atoms with Gasteiger partial charge in [-0.25, -0.2) is 0 Å². The lowest BCUT2D eigenvalue weighted by molar-refractivity contribution is 0.243. The van der Waals surface area contributed by atoms with Crippen LogP contribution in [-0.4, -0.2) is 49.8 Å². The standard InChI is InChI=1S/C14H22N2O2/c1-11-9-13(17)12(10-14(11)18-2)3-6-16-7-4-15-5-8-16/h9-10,15,17H,3-8H2,1-2H3. The molecule has 1 saturated heterocycles. The topological polar surface area (TPSA) is 44.7 Å². The molecule has 0 aromatic heterocycles. The Morgan fingerprint density at radius 1 is 1.33 bits per heavy atom. The number of aryl methyl sites for hydroxylation is 1. The molecule has 2 N–H and O–H groups in total. The van der Waals surface area contributed by atoms with Gasteiger partial charge in [0.2, 0.25) is 0 Å². The molecule has 0 saturated carbocycles. The van der Waals surface area contributed by atoms with Crippen molar-refractivity contribution in [3.63, 3.8) is 0 Å². The average Bonchev–Trinajstić information content (AvgIpc) is 2.39. The molecule has 0 bridgehead atoms. The van der Waals surface area contributed by atoms with Crippen molar-refractivity contribution in [2.24, 2.45) is 0 Å². The molecule has 1 aromatic carbocycles. The second-order valence-electron chi connectivity index (χ2n) is 4.79. The van der Waals surface area contributed by atoms with Crippen LogP contribution in [0.4, 0.5) is 0 Å². The summed E-state index contributed by atoms with van der Waals surface area (Å²) in [4.78, 5) is 2.42. The third-order valence-electron chi connectivity index (χ3n) is 3.50. The normalized spacial score (nSPS) is 16.8. The zero-order valence-corrected chi connectivity index (χ0v) is 11.2. The number of nitrogens with one attached hydrogen (secondary N) is 1. The zero-order valence-electron chi connectivity index (χ0n) is 11.2. The largest absolute Gasteiger partial charge is 0.508 e. The molecule has 100 valence electrons. The second kappa shape index (κ2) is 6.07. The van der Waals surface area contributed by atoms with E-state index in [2.05, 4.69) is 10.2 Å². The molecular formula is C14H22N2O2. The Bertz CT molecular complexity index is 401. The Morgan fingerprint density at radius 3 is 2.72 bits per heavy atom. The van der Waals surface area contributed by atoms with E-state index in [4.69, 9.17) is 4.74 Å². The molecular weight excluding hydrogens is 228 g/mol. The summed E-state index contributed by atoms with van der Waals surface area (Å²) in [6, 6.07) is 3.73. The molecule has 1 aromatic rings. The highest BCUT2D eigenvalue weighted by molar-refractivity contribution is 5.45. The highest BCUT2D eigenvalue weighted by Gasteiger charge is 2.12. The van der Waals surface area contributed by atoms with E-state index >= 15 is 0 Å². The van der Waals surface area contributed by atoms with Crippen LogP contribution >= 0.6 is 0 Å². The lowest BCUT2D eigenvalue weighted by atomic mass is 10.1. The van der Waals surface area contributed by atoms with Crippen molar-refractivity contribution in [2.75, 3.05) is 39.8 Å². The van der Waals surface area contributed by atoms with E-state index in [0.29, 0.717) is 5.75 Å². The van der Waals surface area contributed by atoms with Crippen molar-refractivity contribution in [2.45, 2.75) is 13.3 Å². The van der Waals surface area contributed by atoms with Crippen molar-refractivity contribution >= 4 is 0 Å². The number of benzene rings is 1. The number of hydrogen-bond donors (Lipinski definition) is 2. The fourth-order valence-electron chi connectivity index (χ4n) is 2.35. The van der Waals surface area contributed by atoms with Gasteiger partial charge < -0.3 is 20.1 Å². The maximum Gasteiger partial charge on any atom is 0.122 e. The Kier molecular flexibility index (Phi) is 4.44. The van der Waals surface area contributed by atoms with Crippen LogP contribution in [0.1, 0.15) is 11.1 Å². The average molecular weight is 250 g/mol. The van der Waals surface area contributed by atoms with Crippen molar-refractivity contribution in [1.82, 2.24) is 10.2 Å². The van der Waals surface area contributed by atoms with Crippen LogP contribution in [0, 0.1) is 6.92 Å². The number of rotatable bonds is 4. The van der Waals surface area contributed by atoms with Gasteiger partial charge in [-0.1, -0.05) is 0 Å². The monoisotopic (exact) mass is 250 g/mol. The Morgan fingerprint density at radius 2 is 2.06 bits per heavy atom. The molecule has 1 fully saturated rings. The summed E-state index contributed by atoms with van der Waals surface area (Å²) in [6.45, 7) is 7.22. The Labute approximate surface area is 109 Å². The minimum absolute atomic E-state index is 0.378. The van der Waals surface area contributed by atoms with Gasteiger partial charge in [0.25, 0.3) is 0 Å². The van der Waals surface area contributed by atoms with Crippen LogP contribution in [0.15, 0.2) is 12.1 Å². The molecule has 0 atom stereocenters. The van der Waals surface area contributed by atoms with Crippen molar-refractivity contribution in [3.05, 3.63) is 23.3 Å². The number of methoxy groups -OCH3 is 1. The number of phenols is 1. The molecule has 4 heteroatoms. The number of nitrogens with zero attached hydrogens (tertiary/aromatic N) is 1. The molecule has 1 heterocycles. The van der Waals surface area contributed by atoms with E-state index in [1.165, 1.54) is 0 Å². The molecule has 0 amide bonds. The molecule has 18 heavy (non-hydrogen) atoms. The zero-order chi connectivity index (χ0) is 13.0. The molecule has 4 nitrogen and oxygen atoms in total. The van der Waals surface area contributed by atoms with E-state index in [1.807, 2.05) is 13.0 Å². The summed E-state index contributed by atoms with van der Waals surface area (Å²) in [5.41, 5.74) is 1.94. The van der Waals surface area contributed by atoms with Gasteiger partial charge in [-0.05, 0) is 36.6 Å². The first-order valence-electron chi connectivity index (χ1n) is 6.50. The molecule has 1 aliphatic heterocycles. The van der Waals surface area contributed by atoms with Gasteiger partial charge in [-0.15, -0.1) is 0 Å². The van der Waals surface area contributed by atoms with Crippen LogP contribution in [0.2, 0.25) is 0 Å². The first-order valence-corrected chi connectivity index (χ1v) is 6.50. The number of ether oxygens (including phenoxy) is 1. The van der Waals surface area contributed by atoms with E-state index in [1.54, 1.807) is 13.2 Å². The summed E-state index contributed by atoms with van der Waals surface area (Å²) in [5.74, 6) is 1.23. The van der Waals surface area contributed by atoms with Crippen molar-refractivity contribution in [1.29, 1.82) is 0 Å². The van der Waals surface area contributed by atoms with E-state index < -0.39 is 0 Å². The number of piperazine rings is 1. The molecule has 0 aliphatic carbocycles. The summed E-state index contributed by atoms with van der Waals surface area (Å²) in [7, 11) is 1.67. The van der Waals surface area contributed by atoms with Gasteiger partial charge >= 0.3 is 0 Å². The van der Waals surface area contributed by atoms with Gasteiger partial charge in [0.15, 0.2) is 0 Å². The van der Waals surface area contributed by atoms with E-state index in [0.717, 1.165) is 56.0 Å². The first kappa shape index (κ1) is 13.2. The van der Waals surface area contributed by atoms with Gasteiger partial charge in [-0.3, -0.25) is 0 Å². The minimum atomic E-state index is 0.378. The van der Waals surface area contributed by atoms with Gasteiger partial charge in [0.1, 0.15) is 11.5 Å². The van der Waals surface area contributed by atoms with Crippen LogP contribution < -0.4 is 10.1 Å². The predicted molar refractivity (Wildman–Crippen MR) is 72.4 cm³/mol. The summed E-state index contributed by atoms with van der Waals surface area (Å²) >= 11 is 0. The van der Waals surface area contributed by atoms with Gasteiger partial charge in [0.05, 0.1) is 7.11 Å². The Hall–Kier alpha value is -1.26.